The smallest absolute Gasteiger partial charge is 0.213 e. The summed E-state index contributed by atoms with van der Waals surface area (Å²) < 4.78 is 2.49. The van der Waals surface area contributed by atoms with Gasteiger partial charge in [-0.1, -0.05) is 54.6 Å². The summed E-state index contributed by atoms with van der Waals surface area (Å²) in [6.45, 7) is 2.10. The van der Waals surface area contributed by atoms with Crippen LogP contribution in [-0.4, -0.2) is 21.4 Å². The molecule has 0 amide bonds. The van der Waals surface area contributed by atoms with E-state index in [-0.39, 0.29) is 6.04 Å². The molecule has 0 aliphatic carbocycles. The van der Waals surface area contributed by atoms with Crippen molar-refractivity contribution in [1.29, 1.82) is 0 Å². The number of pyridine rings is 1. The number of fused-ring (bicyclic) bond motifs is 9. The van der Waals surface area contributed by atoms with E-state index in [0.717, 1.165) is 38.8 Å². The molecule has 0 bridgehead atoms. The van der Waals surface area contributed by atoms with E-state index >= 15 is 0 Å². The van der Waals surface area contributed by atoms with E-state index in [1.54, 1.807) is 0 Å². The molecule has 1 unspecified atom stereocenters. The third kappa shape index (κ3) is 4.91. The highest BCUT2D eigenvalue weighted by Crippen LogP contribution is 2.42. The summed E-state index contributed by atoms with van der Waals surface area (Å²) >= 11 is 0. The van der Waals surface area contributed by atoms with Crippen molar-refractivity contribution >= 4 is 40.0 Å². The SMILES string of the molecule is C1=CN2CCCc3ccc4c(c3C2C=C1/C=C/c1ccc2[nH]ccc2c1)-c1cc(/C=C/c2ccc3[nH]ccc3c2)cc[n+]1CCC4. The van der Waals surface area contributed by atoms with Gasteiger partial charge in [-0.25, -0.2) is 0 Å². The first-order valence-electron chi connectivity index (χ1n) is 16.6. The second-order valence-electron chi connectivity index (χ2n) is 12.9. The molecule has 3 aliphatic rings. The van der Waals surface area contributed by atoms with Crippen LogP contribution < -0.4 is 4.57 Å². The average Bonchev–Trinajstić information content (AvgIpc) is 3.67. The van der Waals surface area contributed by atoms with E-state index in [1.807, 2.05) is 12.4 Å². The number of hydrogen-bond donors (Lipinski definition) is 2. The largest absolute Gasteiger partial charge is 0.367 e. The number of hydrogen-bond acceptors (Lipinski definition) is 1. The normalized spacial score (nSPS) is 17.5. The van der Waals surface area contributed by atoms with Crippen LogP contribution >= 0.6 is 0 Å². The number of aromatic amines is 2. The number of rotatable bonds is 4. The molecule has 2 N–H and O–H groups in total. The summed E-state index contributed by atoms with van der Waals surface area (Å²) in [5.74, 6) is 0. The molecule has 46 heavy (non-hydrogen) atoms. The number of aromatic nitrogens is 3. The van der Waals surface area contributed by atoms with Crippen molar-refractivity contribution in [2.75, 3.05) is 6.54 Å². The predicted molar refractivity (Wildman–Crippen MR) is 190 cm³/mol. The Morgan fingerprint density at radius 2 is 1.39 bits per heavy atom. The van der Waals surface area contributed by atoms with Gasteiger partial charge in [0.1, 0.15) is 6.54 Å². The highest BCUT2D eigenvalue weighted by atomic mass is 15.1. The van der Waals surface area contributed by atoms with E-state index in [2.05, 4.69) is 141 Å². The monoisotopic (exact) mass is 597 g/mol. The number of H-pyrrole nitrogens is 2. The van der Waals surface area contributed by atoms with Crippen molar-refractivity contribution in [3.05, 3.63) is 155 Å². The van der Waals surface area contributed by atoms with Crippen LogP contribution in [0, 0.1) is 0 Å². The zero-order chi connectivity index (χ0) is 30.5. The zero-order valence-electron chi connectivity index (χ0n) is 25.9. The second kappa shape index (κ2) is 11.2. The Morgan fingerprint density at radius 1 is 0.696 bits per heavy atom. The Hall–Kier alpha value is -5.35. The Bertz CT molecular complexity index is 2240. The molecule has 4 heteroatoms. The first kappa shape index (κ1) is 27.0. The van der Waals surface area contributed by atoms with Gasteiger partial charge in [-0.2, -0.15) is 4.57 Å². The molecule has 224 valence electrons. The minimum absolute atomic E-state index is 0.211. The summed E-state index contributed by atoms with van der Waals surface area (Å²) in [5, 5.41) is 2.49. The Kier molecular flexibility index (Phi) is 6.59. The van der Waals surface area contributed by atoms with Crippen LogP contribution in [-0.2, 0) is 19.4 Å². The molecule has 6 heterocycles. The third-order valence-corrected chi connectivity index (χ3v) is 10.00. The maximum absolute atomic E-state index is 3.30. The van der Waals surface area contributed by atoms with Crippen LogP contribution in [0.2, 0.25) is 0 Å². The highest BCUT2D eigenvalue weighted by Gasteiger charge is 2.32. The van der Waals surface area contributed by atoms with Crippen molar-refractivity contribution in [3.63, 3.8) is 0 Å². The number of benzene rings is 3. The lowest BCUT2D eigenvalue weighted by atomic mass is 9.85. The topological polar surface area (TPSA) is 38.7 Å². The summed E-state index contributed by atoms with van der Waals surface area (Å²) in [6, 6.07) is 27.2. The third-order valence-electron chi connectivity index (χ3n) is 10.00. The molecular weight excluding hydrogens is 560 g/mol. The number of nitrogens with one attached hydrogen (secondary N) is 2. The van der Waals surface area contributed by atoms with Crippen molar-refractivity contribution in [2.24, 2.45) is 0 Å². The molecule has 3 aliphatic heterocycles. The summed E-state index contributed by atoms with van der Waals surface area (Å²) in [6.07, 6.45) is 27.0. The minimum atomic E-state index is 0.211. The second-order valence-corrected chi connectivity index (χ2v) is 12.9. The lowest BCUT2D eigenvalue weighted by molar-refractivity contribution is -0.686. The summed E-state index contributed by atoms with van der Waals surface area (Å²) in [5.41, 5.74) is 14.5. The molecular formula is C42H37N4+. The van der Waals surface area contributed by atoms with Gasteiger partial charge in [0.25, 0.3) is 0 Å². The van der Waals surface area contributed by atoms with Gasteiger partial charge in [-0.15, -0.1) is 0 Å². The van der Waals surface area contributed by atoms with E-state index in [0.29, 0.717) is 0 Å². The Morgan fingerprint density at radius 3 is 2.17 bits per heavy atom. The van der Waals surface area contributed by atoms with E-state index < -0.39 is 0 Å². The van der Waals surface area contributed by atoms with Crippen molar-refractivity contribution in [1.82, 2.24) is 14.9 Å². The lowest BCUT2D eigenvalue weighted by Crippen LogP contribution is -2.35. The summed E-state index contributed by atoms with van der Waals surface area (Å²) in [4.78, 5) is 9.16. The fourth-order valence-corrected chi connectivity index (χ4v) is 7.64. The van der Waals surface area contributed by atoms with Crippen LogP contribution in [0.3, 0.4) is 0 Å². The summed E-state index contributed by atoms with van der Waals surface area (Å²) in [7, 11) is 0. The number of nitrogens with zero attached hydrogens (tertiary/aromatic N) is 2. The van der Waals surface area contributed by atoms with Crippen LogP contribution in [0.1, 0.15) is 52.3 Å². The van der Waals surface area contributed by atoms with Crippen LogP contribution in [0.4, 0.5) is 0 Å². The number of aryl methyl sites for hydroxylation is 3. The first-order chi connectivity index (χ1) is 22.7. The van der Waals surface area contributed by atoms with Crippen LogP contribution in [0.5, 0.6) is 0 Å². The predicted octanol–water partition coefficient (Wildman–Crippen LogP) is 9.18. The van der Waals surface area contributed by atoms with Gasteiger partial charge in [-0.05, 0) is 111 Å². The first-order valence-corrected chi connectivity index (χ1v) is 16.6. The molecule has 3 aromatic heterocycles. The lowest BCUT2D eigenvalue weighted by Gasteiger charge is -2.32. The van der Waals surface area contributed by atoms with Gasteiger partial charge in [0.15, 0.2) is 6.20 Å². The molecule has 0 fully saturated rings. The van der Waals surface area contributed by atoms with Crippen LogP contribution in [0.25, 0.3) is 51.3 Å². The fraction of sp³-hybridized carbons (Fsp3) is 0.167. The fourth-order valence-electron chi connectivity index (χ4n) is 7.64. The van der Waals surface area contributed by atoms with Gasteiger partial charge in [0, 0.05) is 54.7 Å². The Balaban J connectivity index is 1.11. The molecule has 0 saturated carbocycles. The van der Waals surface area contributed by atoms with Crippen molar-refractivity contribution in [2.45, 2.75) is 38.3 Å². The number of allylic oxidation sites excluding steroid dienone is 3. The van der Waals surface area contributed by atoms with Gasteiger partial charge in [0.2, 0.25) is 5.69 Å². The maximum Gasteiger partial charge on any atom is 0.213 e. The van der Waals surface area contributed by atoms with Gasteiger partial charge >= 0.3 is 0 Å². The van der Waals surface area contributed by atoms with Crippen molar-refractivity contribution < 1.29 is 4.57 Å². The molecule has 6 aromatic rings. The maximum atomic E-state index is 3.30. The standard InChI is InChI=1S/C42H36N4/c1-3-33-11-12-34-4-2-22-46-24-18-32(8-6-30-10-14-38-36(26-30)16-20-44-38)28-40(46)42(34)41(33)39-27-31(17-23-45(39)21-1)7-5-29-9-13-37-35(25-29)15-19-43-37/h5-20,23-28,39,43H,1-4,21-22H2/p+1/b7-5+. The van der Waals surface area contributed by atoms with Crippen molar-refractivity contribution in [3.8, 4) is 11.3 Å². The van der Waals surface area contributed by atoms with E-state index in [9.17, 15) is 0 Å². The Labute approximate surface area is 269 Å². The van der Waals surface area contributed by atoms with E-state index in [4.69, 9.17) is 0 Å². The molecule has 3 aromatic carbocycles. The van der Waals surface area contributed by atoms with Gasteiger partial charge < -0.3 is 14.9 Å². The quantitative estimate of drug-likeness (QED) is 0.195. The molecule has 0 spiro atoms. The van der Waals surface area contributed by atoms with Crippen LogP contribution in [0.15, 0.2) is 121 Å². The molecule has 1 atom stereocenters. The molecule has 9 rings (SSSR count). The molecule has 0 saturated heterocycles. The molecule has 0 radical (unpaired) electrons. The van der Waals surface area contributed by atoms with Gasteiger partial charge in [0.05, 0.1) is 11.6 Å². The zero-order valence-corrected chi connectivity index (χ0v) is 25.9. The molecule has 4 nitrogen and oxygen atoms in total. The average molecular weight is 598 g/mol. The van der Waals surface area contributed by atoms with E-state index in [1.165, 1.54) is 72.0 Å². The van der Waals surface area contributed by atoms with Gasteiger partial charge in [-0.3, -0.25) is 0 Å². The minimum Gasteiger partial charge on any atom is -0.367 e. The highest BCUT2D eigenvalue weighted by molar-refractivity contribution is 5.84.